The molecule has 0 aliphatic heterocycles. The van der Waals surface area contributed by atoms with Crippen LogP contribution < -0.4 is 14.8 Å². The van der Waals surface area contributed by atoms with Gasteiger partial charge in [0.15, 0.2) is 6.61 Å². The van der Waals surface area contributed by atoms with E-state index in [9.17, 15) is 4.79 Å². The van der Waals surface area contributed by atoms with E-state index < -0.39 is 0 Å². The normalized spacial score (nSPS) is 10.2. The third-order valence-electron chi connectivity index (χ3n) is 3.56. The van der Waals surface area contributed by atoms with E-state index in [0.717, 1.165) is 10.2 Å². The van der Waals surface area contributed by atoms with Crippen LogP contribution in [0, 0.1) is 6.92 Å². The topological polar surface area (TPSA) is 47.6 Å². The number of carbonyl (C=O) groups is 1. The van der Waals surface area contributed by atoms with E-state index in [1.807, 2.05) is 61.5 Å². The van der Waals surface area contributed by atoms with Crippen LogP contribution in [-0.4, -0.2) is 12.5 Å². The first-order valence-electron chi connectivity index (χ1n) is 8.11. The summed E-state index contributed by atoms with van der Waals surface area (Å²) in [5, 5.41) is 2.79. The highest BCUT2D eigenvalue weighted by atomic mass is 79.9. The van der Waals surface area contributed by atoms with E-state index >= 15 is 0 Å². The molecule has 0 heterocycles. The van der Waals surface area contributed by atoms with Crippen molar-refractivity contribution in [3.05, 3.63) is 82.8 Å². The zero-order valence-electron chi connectivity index (χ0n) is 14.2. The van der Waals surface area contributed by atoms with Gasteiger partial charge in [0.2, 0.25) is 0 Å². The van der Waals surface area contributed by atoms with E-state index in [1.54, 1.807) is 18.2 Å². The van der Waals surface area contributed by atoms with Gasteiger partial charge in [-0.25, -0.2) is 0 Å². The Kier molecular flexibility index (Phi) is 5.92. The summed E-state index contributed by atoms with van der Waals surface area (Å²) in [5.41, 5.74) is 1.87. The second-order valence-electron chi connectivity index (χ2n) is 5.73. The standard InChI is InChI=1S/C21H18BrNO3/c1-15-5-9-18(10-6-15)26-19-11-7-17(8-12-19)23-21(24)14-25-20-4-2-3-16(22)13-20/h2-13H,14H2,1H3,(H,23,24). The third kappa shape index (κ3) is 5.36. The second kappa shape index (κ2) is 8.54. The molecule has 0 aliphatic carbocycles. The zero-order valence-corrected chi connectivity index (χ0v) is 15.8. The molecule has 0 unspecified atom stereocenters. The van der Waals surface area contributed by atoms with Gasteiger partial charge in [-0.15, -0.1) is 0 Å². The quantitative estimate of drug-likeness (QED) is 0.576. The molecule has 0 saturated carbocycles. The van der Waals surface area contributed by atoms with Gasteiger partial charge in [-0.05, 0) is 61.5 Å². The Hall–Kier alpha value is -2.79. The molecular formula is C21H18BrNO3. The molecule has 0 aromatic heterocycles. The molecule has 132 valence electrons. The summed E-state index contributed by atoms with van der Waals surface area (Å²) in [6.45, 7) is 1.97. The number of carbonyl (C=O) groups excluding carboxylic acids is 1. The summed E-state index contributed by atoms with van der Waals surface area (Å²) in [4.78, 5) is 12.0. The molecule has 1 N–H and O–H groups in total. The minimum absolute atomic E-state index is 0.0575. The van der Waals surface area contributed by atoms with Crippen LogP contribution in [0.15, 0.2) is 77.3 Å². The number of amides is 1. The molecular weight excluding hydrogens is 394 g/mol. The van der Waals surface area contributed by atoms with Crippen LogP contribution in [0.2, 0.25) is 0 Å². The Bertz CT molecular complexity index is 877. The Morgan fingerprint density at radius 2 is 1.58 bits per heavy atom. The Morgan fingerprint density at radius 1 is 0.923 bits per heavy atom. The first-order chi connectivity index (χ1) is 12.6. The number of hydrogen-bond acceptors (Lipinski definition) is 3. The molecule has 0 radical (unpaired) electrons. The van der Waals surface area contributed by atoms with E-state index in [1.165, 1.54) is 5.56 Å². The summed E-state index contributed by atoms with van der Waals surface area (Å²) in [5.74, 6) is 1.89. The SMILES string of the molecule is Cc1ccc(Oc2ccc(NC(=O)COc3cccc(Br)c3)cc2)cc1. The number of benzene rings is 3. The fourth-order valence-electron chi connectivity index (χ4n) is 2.25. The number of hydrogen-bond donors (Lipinski definition) is 1. The van der Waals surface area contributed by atoms with Crippen molar-refractivity contribution in [2.75, 3.05) is 11.9 Å². The molecule has 0 aliphatic rings. The number of halogens is 1. The molecule has 0 fully saturated rings. The Morgan fingerprint density at radius 3 is 2.23 bits per heavy atom. The van der Waals surface area contributed by atoms with Crippen molar-refractivity contribution < 1.29 is 14.3 Å². The van der Waals surface area contributed by atoms with Crippen molar-refractivity contribution in [2.45, 2.75) is 6.92 Å². The van der Waals surface area contributed by atoms with Gasteiger partial charge in [-0.1, -0.05) is 39.7 Å². The van der Waals surface area contributed by atoms with Crippen molar-refractivity contribution in [3.8, 4) is 17.2 Å². The Labute approximate surface area is 160 Å². The van der Waals surface area contributed by atoms with Crippen molar-refractivity contribution in [3.63, 3.8) is 0 Å². The van der Waals surface area contributed by atoms with E-state index in [-0.39, 0.29) is 12.5 Å². The van der Waals surface area contributed by atoms with E-state index in [2.05, 4.69) is 21.2 Å². The summed E-state index contributed by atoms with van der Waals surface area (Å²) in [6.07, 6.45) is 0. The molecule has 1 amide bonds. The second-order valence-corrected chi connectivity index (χ2v) is 6.65. The van der Waals surface area contributed by atoms with E-state index in [0.29, 0.717) is 17.2 Å². The van der Waals surface area contributed by atoms with Crippen LogP contribution >= 0.6 is 15.9 Å². The molecule has 3 aromatic rings. The van der Waals surface area contributed by atoms with Gasteiger partial charge in [0.05, 0.1) is 0 Å². The first-order valence-corrected chi connectivity index (χ1v) is 8.90. The minimum Gasteiger partial charge on any atom is -0.484 e. The molecule has 3 aromatic carbocycles. The summed E-state index contributed by atoms with van der Waals surface area (Å²) >= 11 is 3.36. The van der Waals surface area contributed by atoms with Gasteiger partial charge in [0.25, 0.3) is 5.91 Å². The lowest BCUT2D eigenvalue weighted by atomic mass is 10.2. The molecule has 0 saturated heterocycles. The smallest absolute Gasteiger partial charge is 0.262 e. The lowest BCUT2D eigenvalue weighted by molar-refractivity contribution is -0.118. The average molecular weight is 412 g/mol. The molecule has 0 spiro atoms. The van der Waals surface area contributed by atoms with Crippen LogP contribution in [0.5, 0.6) is 17.2 Å². The maximum atomic E-state index is 12.0. The number of nitrogens with one attached hydrogen (secondary N) is 1. The highest BCUT2D eigenvalue weighted by molar-refractivity contribution is 9.10. The van der Waals surface area contributed by atoms with Gasteiger partial charge in [-0.2, -0.15) is 0 Å². The monoisotopic (exact) mass is 411 g/mol. The zero-order chi connectivity index (χ0) is 18.4. The predicted molar refractivity (Wildman–Crippen MR) is 106 cm³/mol. The van der Waals surface area contributed by atoms with E-state index in [4.69, 9.17) is 9.47 Å². The molecule has 3 rings (SSSR count). The number of ether oxygens (including phenoxy) is 2. The van der Waals surface area contributed by atoms with Crippen LogP contribution in [-0.2, 0) is 4.79 Å². The van der Waals surface area contributed by atoms with Crippen LogP contribution in [0.4, 0.5) is 5.69 Å². The molecule has 26 heavy (non-hydrogen) atoms. The van der Waals surface area contributed by atoms with Crippen LogP contribution in [0.25, 0.3) is 0 Å². The highest BCUT2D eigenvalue weighted by Crippen LogP contribution is 2.23. The summed E-state index contributed by atoms with van der Waals surface area (Å²) < 4.78 is 12.1. The Balaban J connectivity index is 1.51. The van der Waals surface area contributed by atoms with Crippen molar-refractivity contribution in [1.29, 1.82) is 0 Å². The minimum atomic E-state index is -0.225. The molecule has 4 nitrogen and oxygen atoms in total. The van der Waals surface area contributed by atoms with Gasteiger partial charge in [0.1, 0.15) is 17.2 Å². The van der Waals surface area contributed by atoms with Gasteiger partial charge >= 0.3 is 0 Å². The highest BCUT2D eigenvalue weighted by Gasteiger charge is 2.05. The lowest BCUT2D eigenvalue weighted by Gasteiger charge is -2.09. The number of anilines is 1. The maximum absolute atomic E-state index is 12.0. The fourth-order valence-corrected chi connectivity index (χ4v) is 2.63. The third-order valence-corrected chi connectivity index (χ3v) is 4.05. The predicted octanol–water partition coefficient (Wildman–Crippen LogP) is 5.57. The van der Waals surface area contributed by atoms with Gasteiger partial charge in [-0.3, -0.25) is 4.79 Å². The lowest BCUT2D eigenvalue weighted by Crippen LogP contribution is -2.20. The molecule has 5 heteroatoms. The van der Waals surface area contributed by atoms with Crippen molar-refractivity contribution >= 4 is 27.5 Å². The largest absolute Gasteiger partial charge is 0.484 e. The summed E-state index contributed by atoms with van der Waals surface area (Å²) in [7, 11) is 0. The first kappa shape index (κ1) is 18.0. The van der Waals surface area contributed by atoms with Crippen LogP contribution in [0.1, 0.15) is 5.56 Å². The fraction of sp³-hybridized carbons (Fsp3) is 0.0952. The van der Waals surface area contributed by atoms with Crippen molar-refractivity contribution in [1.82, 2.24) is 0 Å². The maximum Gasteiger partial charge on any atom is 0.262 e. The summed E-state index contributed by atoms with van der Waals surface area (Å²) in [6, 6.07) is 22.4. The van der Waals surface area contributed by atoms with Crippen molar-refractivity contribution in [2.24, 2.45) is 0 Å². The molecule has 0 atom stereocenters. The van der Waals surface area contributed by atoms with Gasteiger partial charge < -0.3 is 14.8 Å². The number of aryl methyl sites for hydroxylation is 1. The molecule has 0 bridgehead atoms. The number of rotatable bonds is 6. The van der Waals surface area contributed by atoms with Crippen LogP contribution in [0.3, 0.4) is 0 Å². The van der Waals surface area contributed by atoms with Gasteiger partial charge in [0, 0.05) is 10.2 Å². The average Bonchev–Trinajstić information content (AvgIpc) is 2.64.